The van der Waals surface area contributed by atoms with Gasteiger partial charge in [0.25, 0.3) is 0 Å². The minimum Gasteiger partial charge on any atom is -0.441 e. The van der Waals surface area contributed by atoms with Gasteiger partial charge in [0, 0.05) is 31.6 Å². The van der Waals surface area contributed by atoms with Crippen molar-refractivity contribution in [2.75, 3.05) is 0 Å². The molecule has 0 bridgehead atoms. The lowest BCUT2D eigenvalue weighted by Crippen LogP contribution is -2.28. The highest BCUT2D eigenvalue weighted by molar-refractivity contribution is 7.27. The molecule has 0 aliphatic carbocycles. The zero-order chi connectivity index (χ0) is 31.4. The van der Waals surface area contributed by atoms with Crippen LogP contribution in [0.15, 0.2) is 83.8 Å². The summed E-state index contributed by atoms with van der Waals surface area (Å²) in [5, 5.41) is 11.1. The quantitative estimate of drug-likeness (QED) is 0.183. The molecule has 222 valence electrons. The number of aromatic nitrogens is 3. The van der Waals surface area contributed by atoms with Crippen molar-refractivity contribution >= 4 is 105 Å². The lowest BCUT2D eigenvalue weighted by Gasteiger charge is -2.10. The van der Waals surface area contributed by atoms with Crippen LogP contribution in [0.2, 0.25) is 5.15 Å². The van der Waals surface area contributed by atoms with Crippen LogP contribution in [-0.2, 0) is 0 Å². The molecule has 0 aliphatic heterocycles. The Morgan fingerprint density at radius 2 is 1.58 bits per heavy atom. The molecule has 0 saturated heterocycles. The number of benzene rings is 4. The Kier molecular flexibility index (Phi) is 7.31. The zero-order valence-electron chi connectivity index (χ0n) is 25.9. The number of allylic oxidation sites excluding steroid dienone is 2. The molecular formula is C39H32ClN3OS. The second kappa shape index (κ2) is 11.3. The lowest BCUT2D eigenvalue weighted by molar-refractivity contribution is 0.566. The maximum atomic E-state index is 7.00. The summed E-state index contributed by atoms with van der Waals surface area (Å²) in [4.78, 5) is 9.90. The monoisotopic (exact) mass is 625 g/mol. The van der Waals surface area contributed by atoms with Gasteiger partial charge >= 0.3 is 0 Å². The number of hydrogen-bond donors (Lipinski definition) is 0. The highest BCUT2D eigenvalue weighted by Gasteiger charge is 2.24. The largest absolute Gasteiger partial charge is 0.441 e. The maximum Gasteiger partial charge on any atom is 0.247 e. The first-order valence-electron chi connectivity index (χ1n) is 15.2. The first kappa shape index (κ1) is 29.0. The molecule has 4 heterocycles. The van der Waals surface area contributed by atoms with Gasteiger partial charge in [0.2, 0.25) is 5.71 Å². The first-order chi connectivity index (χ1) is 22.0. The average Bonchev–Trinajstić information content (AvgIpc) is 3.72. The molecule has 4 nitrogen and oxygen atoms in total. The van der Waals surface area contributed by atoms with Crippen LogP contribution in [0.3, 0.4) is 0 Å². The Bertz CT molecular complexity index is 2640. The van der Waals surface area contributed by atoms with Gasteiger partial charge < -0.3 is 4.42 Å². The van der Waals surface area contributed by atoms with Crippen molar-refractivity contribution < 1.29 is 4.42 Å². The Labute approximate surface area is 269 Å². The molecule has 0 radical (unpaired) electrons. The van der Waals surface area contributed by atoms with Crippen molar-refractivity contribution in [1.29, 1.82) is 0 Å². The Balaban J connectivity index is 0.00000160. The number of rotatable bonds is 3. The van der Waals surface area contributed by atoms with E-state index in [-0.39, 0.29) is 5.15 Å². The fraction of sp³-hybridized carbons (Fsp3) is 0.128. The second-order valence-corrected chi connectivity index (χ2v) is 12.0. The summed E-state index contributed by atoms with van der Waals surface area (Å²) in [5.74, 6) is 1.31. The molecule has 0 unspecified atom stereocenters. The molecule has 6 heteroatoms. The highest BCUT2D eigenvalue weighted by atomic mass is 35.5. The standard InChI is InChI=1S/C37H26ClN3OS.C2H6/c1-5-8-14-23-20(4)42-37-32(23)39-36(35(38)40-37)41-27(7-3)22(6-2)29-25-16-11-12-17-26(25)31-30-24-15-10-9-13-21(24)18-19-28(30)43-34(31)33(29)41;1-2/h5-19H,1H2,2-4H3;1-2H3/b14-8-,22-6+,27-7+;. The molecule has 0 saturated carbocycles. The summed E-state index contributed by atoms with van der Waals surface area (Å²) >= 11 is 8.82. The minimum atomic E-state index is 0.288. The topological polar surface area (TPSA) is 43.9 Å². The normalized spacial score (nSPS) is 12.9. The number of thiophene rings is 1. The molecule has 0 N–H and O–H groups in total. The molecule has 0 fully saturated rings. The molecule has 0 atom stereocenters. The van der Waals surface area contributed by atoms with E-state index in [1.54, 1.807) is 6.08 Å². The number of nitrogens with zero attached hydrogens (tertiary/aromatic N) is 3. The maximum absolute atomic E-state index is 7.00. The van der Waals surface area contributed by atoms with Gasteiger partial charge in [0.15, 0.2) is 11.0 Å². The summed E-state index contributed by atoms with van der Waals surface area (Å²) in [7, 11) is 0. The van der Waals surface area contributed by atoms with Gasteiger partial charge in [-0.3, -0.25) is 4.57 Å². The molecule has 0 amide bonds. The third kappa shape index (κ3) is 4.18. The Hall–Kier alpha value is -4.71. The third-order valence-electron chi connectivity index (χ3n) is 8.37. The van der Waals surface area contributed by atoms with Crippen LogP contribution in [0, 0.1) is 6.92 Å². The number of furan rings is 1. The van der Waals surface area contributed by atoms with Crippen LogP contribution in [0.1, 0.15) is 39.0 Å². The van der Waals surface area contributed by atoms with Gasteiger partial charge in [-0.2, -0.15) is 4.98 Å². The van der Waals surface area contributed by atoms with Crippen LogP contribution in [-0.4, -0.2) is 14.5 Å². The van der Waals surface area contributed by atoms with E-state index >= 15 is 0 Å². The van der Waals surface area contributed by atoms with Crippen LogP contribution in [0.25, 0.3) is 87.9 Å². The SMILES string of the molecule is C=C/C=C\c1c(C)oc2nc(Cl)c(-n3c(=C/C)/c(=C\C)c4c5ccccc5c5c(sc6ccc7ccccc7c65)c43)nc12.CC. The predicted octanol–water partition coefficient (Wildman–Crippen LogP) is 10.6. The van der Waals surface area contributed by atoms with E-state index in [0.717, 1.165) is 27.4 Å². The van der Waals surface area contributed by atoms with E-state index in [1.165, 1.54) is 47.1 Å². The number of hydrogen-bond acceptors (Lipinski definition) is 4. The number of halogens is 1. The second-order valence-electron chi connectivity index (χ2n) is 10.6. The van der Waals surface area contributed by atoms with Gasteiger partial charge in [0.1, 0.15) is 11.3 Å². The molecule has 8 rings (SSSR count). The van der Waals surface area contributed by atoms with E-state index in [4.69, 9.17) is 26.0 Å². The van der Waals surface area contributed by atoms with Crippen LogP contribution in [0.4, 0.5) is 0 Å². The van der Waals surface area contributed by atoms with E-state index in [2.05, 4.69) is 97.8 Å². The summed E-state index contributed by atoms with van der Waals surface area (Å²) in [6.45, 7) is 13.9. The molecule has 8 aromatic rings. The van der Waals surface area contributed by atoms with Gasteiger partial charge in [-0.1, -0.05) is 111 Å². The van der Waals surface area contributed by atoms with Gasteiger partial charge in [0.05, 0.1) is 15.6 Å². The zero-order valence-corrected chi connectivity index (χ0v) is 27.5. The lowest BCUT2D eigenvalue weighted by atomic mass is 9.97. The summed E-state index contributed by atoms with van der Waals surface area (Å²) < 4.78 is 10.6. The van der Waals surface area contributed by atoms with Crippen molar-refractivity contribution in [3.05, 3.63) is 106 Å². The number of aryl methyl sites for hydroxylation is 1. The smallest absolute Gasteiger partial charge is 0.247 e. The van der Waals surface area contributed by atoms with E-state index in [1.807, 2.05) is 44.3 Å². The van der Waals surface area contributed by atoms with Crippen molar-refractivity contribution in [2.45, 2.75) is 34.6 Å². The summed E-state index contributed by atoms with van der Waals surface area (Å²) in [6, 6.07) is 21.9. The van der Waals surface area contributed by atoms with E-state index in [9.17, 15) is 0 Å². The molecule has 0 spiro atoms. The molecule has 4 aromatic heterocycles. The van der Waals surface area contributed by atoms with E-state index in [0.29, 0.717) is 17.0 Å². The molecule has 4 aromatic carbocycles. The average molecular weight is 626 g/mol. The van der Waals surface area contributed by atoms with Crippen molar-refractivity contribution in [1.82, 2.24) is 14.5 Å². The molecule has 0 aliphatic rings. The highest BCUT2D eigenvalue weighted by Crippen LogP contribution is 2.46. The minimum absolute atomic E-state index is 0.288. The van der Waals surface area contributed by atoms with Crippen molar-refractivity contribution in [2.24, 2.45) is 0 Å². The van der Waals surface area contributed by atoms with Gasteiger partial charge in [-0.15, -0.1) is 11.3 Å². The third-order valence-corrected chi connectivity index (χ3v) is 9.78. The van der Waals surface area contributed by atoms with Crippen LogP contribution >= 0.6 is 22.9 Å². The summed E-state index contributed by atoms with van der Waals surface area (Å²) in [5.41, 5.74) is 3.03. The first-order valence-corrected chi connectivity index (χ1v) is 16.4. The van der Waals surface area contributed by atoms with E-state index < -0.39 is 0 Å². The Morgan fingerprint density at radius 1 is 0.867 bits per heavy atom. The molecule has 45 heavy (non-hydrogen) atoms. The fourth-order valence-corrected chi connectivity index (χ4v) is 8.09. The van der Waals surface area contributed by atoms with Gasteiger partial charge in [-0.25, -0.2) is 4.98 Å². The molecular weight excluding hydrogens is 594 g/mol. The van der Waals surface area contributed by atoms with Crippen LogP contribution < -0.4 is 10.6 Å². The predicted molar refractivity (Wildman–Crippen MR) is 196 cm³/mol. The Morgan fingerprint density at radius 3 is 2.29 bits per heavy atom. The van der Waals surface area contributed by atoms with Crippen molar-refractivity contribution in [3.63, 3.8) is 0 Å². The fourth-order valence-electron chi connectivity index (χ4n) is 6.61. The number of fused-ring (bicyclic) bond motifs is 11. The summed E-state index contributed by atoms with van der Waals surface area (Å²) in [6.07, 6.45) is 9.90. The van der Waals surface area contributed by atoms with Crippen molar-refractivity contribution in [3.8, 4) is 5.82 Å². The van der Waals surface area contributed by atoms with Crippen LogP contribution in [0.5, 0.6) is 0 Å². The van der Waals surface area contributed by atoms with Gasteiger partial charge in [-0.05, 0) is 54.5 Å².